The SMILES string of the molecule is CNCCCNC(=O)c1cc(Cl)ccc1F. The largest absolute Gasteiger partial charge is 0.352 e. The van der Waals surface area contributed by atoms with Gasteiger partial charge in [0.2, 0.25) is 0 Å². The maximum absolute atomic E-state index is 13.3. The summed E-state index contributed by atoms with van der Waals surface area (Å²) in [6.45, 7) is 1.31. The molecule has 0 bridgehead atoms. The molecule has 1 rings (SSSR count). The van der Waals surface area contributed by atoms with Crippen LogP contribution in [0.1, 0.15) is 16.8 Å². The van der Waals surface area contributed by atoms with Gasteiger partial charge < -0.3 is 10.6 Å². The lowest BCUT2D eigenvalue weighted by Gasteiger charge is -2.06. The first-order chi connectivity index (χ1) is 7.65. The second kappa shape index (κ2) is 6.45. The fourth-order valence-electron chi connectivity index (χ4n) is 1.23. The smallest absolute Gasteiger partial charge is 0.254 e. The number of nitrogens with one attached hydrogen (secondary N) is 2. The predicted molar refractivity (Wildman–Crippen MR) is 62.3 cm³/mol. The highest BCUT2D eigenvalue weighted by Gasteiger charge is 2.11. The highest BCUT2D eigenvalue weighted by atomic mass is 35.5. The van der Waals surface area contributed by atoms with Crippen LogP contribution in [0.2, 0.25) is 5.02 Å². The Bertz CT molecular complexity index is 371. The van der Waals surface area contributed by atoms with Gasteiger partial charge in [-0.1, -0.05) is 11.6 Å². The normalized spacial score (nSPS) is 10.2. The van der Waals surface area contributed by atoms with Crippen LogP contribution in [0.15, 0.2) is 18.2 Å². The summed E-state index contributed by atoms with van der Waals surface area (Å²) in [5.41, 5.74) is -0.0167. The minimum Gasteiger partial charge on any atom is -0.352 e. The Kier molecular flexibility index (Phi) is 5.22. The van der Waals surface area contributed by atoms with Gasteiger partial charge in [-0.15, -0.1) is 0 Å². The maximum atomic E-state index is 13.3. The highest BCUT2D eigenvalue weighted by molar-refractivity contribution is 6.30. The van der Waals surface area contributed by atoms with Crippen molar-refractivity contribution < 1.29 is 9.18 Å². The molecular weight excluding hydrogens is 231 g/mol. The average molecular weight is 245 g/mol. The Hall–Kier alpha value is -1.13. The molecule has 0 fully saturated rings. The van der Waals surface area contributed by atoms with Gasteiger partial charge in [0.1, 0.15) is 5.82 Å². The van der Waals surface area contributed by atoms with E-state index in [1.54, 1.807) is 0 Å². The molecule has 1 aromatic carbocycles. The molecule has 0 unspecified atom stereocenters. The molecular formula is C11H14ClFN2O. The Labute approximate surface area is 99.0 Å². The third kappa shape index (κ3) is 3.79. The van der Waals surface area contributed by atoms with Crippen molar-refractivity contribution in [3.63, 3.8) is 0 Å². The summed E-state index contributed by atoms with van der Waals surface area (Å²) in [6.07, 6.45) is 0.796. The van der Waals surface area contributed by atoms with Crippen LogP contribution in [-0.2, 0) is 0 Å². The summed E-state index contributed by atoms with van der Waals surface area (Å²) in [4.78, 5) is 11.6. The van der Waals surface area contributed by atoms with Crippen molar-refractivity contribution in [2.75, 3.05) is 20.1 Å². The molecule has 16 heavy (non-hydrogen) atoms. The van der Waals surface area contributed by atoms with Crippen LogP contribution in [0.4, 0.5) is 4.39 Å². The minimum atomic E-state index is -0.560. The molecule has 0 saturated heterocycles. The number of halogens is 2. The number of hydrogen-bond donors (Lipinski definition) is 2. The molecule has 0 aliphatic heterocycles. The van der Waals surface area contributed by atoms with Crippen LogP contribution in [-0.4, -0.2) is 26.0 Å². The standard InChI is InChI=1S/C11H14ClFN2O/c1-14-5-2-6-15-11(16)9-7-8(12)3-4-10(9)13/h3-4,7,14H,2,5-6H2,1H3,(H,15,16). The van der Waals surface area contributed by atoms with E-state index in [9.17, 15) is 9.18 Å². The first kappa shape index (κ1) is 12.9. The second-order valence-corrected chi connectivity index (χ2v) is 3.77. The molecule has 88 valence electrons. The summed E-state index contributed by atoms with van der Waals surface area (Å²) in [5, 5.41) is 5.93. The molecule has 0 spiro atoms. The summed E-state index contributed by atoms with van der Waals surface area (Å²) < 4.78 is 13.3. The van der Waals surface area contributed by atoms with Crippen molar-refractivity contribution >= 4 is 17.5 Å². The van der Waals surface area contributed by atoms with Crippen molar-refractivity contribution in [1.82, 2.24) is 10.6 Å². The topological polar surface area (TPSA) is 41.1 Å². The molecule has 5 heteroatoms. The zero-order valence-electron chi connectivity index (χ0n) is 9.02. The molecule has 0 saturated carbocycles. The lowest BCUT2D eigenvalue weighted by Crippen LogP contribution is -2.27. The molecule has 1 amide bonds. The Balaban J connectivity index is 2.55. The second-order valence-electron chi connectivity index (χ2n) is 3.34. The van der Waals surface area contributed by atoms with E-state index < -0.39 is 11.7 Å². The van der Waals surface area contributed by atoms with Gasteiger partial charge in [0.05, 0.1) is 5.56 Å². The Morgan fingerprint density at radius 2 is 2.19 bits per heavy atom. The average Bonchev–Trinajstić information content (AvgIpc) is 2.27. The molecule has 0 aliphatic carbocycles. The third-order valence-corrected chi connectivity index (χ3v) is 2.30. The van der Waals surface area contributed by atoms with Crippen LogP contribution in [0.3, 0.4) is 0 Å². The van der Waals surface area contributed by atoms with Gasteiger partial charge >= 0.3 is 0 Å². The van der Waals surface area contributed by atoms with Gasteiger partial charge in [-0.25, -0.2) is 4.39 Å². The number of hydrogen-bond acceptors (Lipinski definition) is 2. The zero-order chi connectivity index (χ0) is 12.0. The predicted octanol–water partition coefficient (Wildman–Crippen LogP) is 1.82. The summed E-state index contributed by atoms with van der Waals surface area (Å²) >= 11 is 5.69. The monoisotopic (exact) mass is 244 g/mol. The van der Waals surface area contributed by atoms with Crippen molar-refractivity contribution in [2.24, 2.45) is 0 Å². The van der Waals surface area contributed by atoms with Crippen LogP contribution >= 0.6 is 11.6 Å². The fourth-order valence-corrected chi connectivity index (χ4v) is 1.41. The van der Waals surface area contributed by atoms with Gasteiger partial charge in [0, 0.05) is 11.6 Å². The van der Waals surface area contributed by atoms with Gasteiger partial charge in [0.25, 0.3) is 5.91 Å². The van der Waals surface area contributed by atoms with E-state index in [0.717, 1.165) is 13.0 Å². The molecule has 2 N–H and O–H groups in total. The number of benzene rings is 1. The first-order valence-electron chi connectivity index (χ1n) is 5.03. The van der Waals surface area contributed by atoms with Crippen LogP contribution in [0.5, 0.6) is 0 Å². The summed E-state index contributed by atoms with van der Waals surface area (Å²) in [6, 6.07) is 3.92. The third-order valence-electron chi connectivity index (χ3n) is 2.06. The lowest BCUT2D eigenvalue weighted by atomic mass is 10.2. The van der Waals surface area contributed by atoms with Crippen molar-refractivity contribution in [3.8, 4) is 0 Å². The van der Waals surface area contributed by atoms with Crippen LogP contribution in [0.25, 0.3) is 0 Å². The van der Waals surface area contributed by atoms with Crippen molar-refractivity contribution in [3.05, 3.63) is 34.6 Å². The van der Waals surface area contributed by atoms with Gasteiger partial charge in [0.15, 0.2) is 0 Å². The molecule has 1 aromatic rings. The quantitative estimate of drug-likeness (QED) is 0.776. The number of rotatable bonds is 5. The van der Waals surface area contributed by atoms with Gasteiger partial charge in [-0.05, 0) is 38.2 Å². The summed E-state index contributed by atoms with van der Waals surface area (Å²) in [5.74, 6) is -0.994. The maximum Gasteiger partial charge on any atom is 0.254 e. The van der Waals surface area contributed by atoms with E-state index in [1.165, 1.54) is 18.2 Å². The number of carbonyl (C=O) groups is 1. The van der Waals surface area contributed by atoms with E-state index in [-0.39, 0.29) is 5.56 Å². The number of amides is 1. The molecule has 0 heterocycles. The molecule has 0 aromatic heterocycles. The molecule has 0 aliphatic rings. The Morgan fingerprint density at radius 1 is 1.44 bits per heavy atom. The highest BCUT2D eigenvalue weighted by Crippen LogP contribution is 2.14. The van der Waals surface area contributed by atoms with Gasteiger partial charge in [-0.3, -0.25) is 4.79 Å². The van der Waals surface area contributed by atoms with Crippen molar-refractivity contribution in [2.45, 2.75) is 6.42 Å². The van der Waals surface area contributed by atoms with Crippen LogP contribution < -0.4 is 10.6 Å². The van der Waals surface area contributed by atoms with Crippen LogP contribution in [0, 0.1) is 5.82 Å². The van der Waals surface area contributed by atoms with Crippen molar-refractivity contribution in [1.29, 1.82) is 0 Å². The molecule has 0 atom stereocenters. The summed E-state index contributed by atoms with van der Waals surface area (Å²) in [7, 11) is 1.83. The minimum absolute atomic E-state index is 0.0167. The fraction of sp³-hybridized carbons (Fsp3) is 0.364. The number of carbonyl (C=O) groups excluding carboxylic acids is 1. The zero-order valence-corrected chi connectivity index (χ0v) is 9.77. The van der Waals surface area contributed by atoms with E-state index >= 15 is 0 Å². The van der Waals surface area contributed by atoms with E-state index in [0.29, 0.717) is 11.6 Å². The van der Waals surface area contributed by atoms with E-state index in [2.05, 4.69) is 10.6 Å². The van der Waals surface area contributed by atoms with Gasteiger partial charge in [-0.2, -0.15) is 0 Å². The molecule has 0 radical (unpaired) electrons. The van der Waals surface area contributed by atoms with E-state index in [1.807, 2.05) is 7.05 Å². The molecule has 3 nitrogen and oxygen atoms in total. The van der Waals surface area contributed by atoms with E-state index in [4.69, 9.17) is 11.6 Å². The first-order valence-corrected chi connectivity index (χ1v) is 5.41. The Morgan fingerprint density at radius 3 is 2.88 bits per heavy atom. The lowest BCUT2D eigenvalue weighted by molar-refractivity contribution is 0.0949.